The molecule has 0 aliphatic carbocycles. The Morgan fingerprint density at radius 1 is 1.50 bits per heavy atom. The van der Waals surface area contributed by atoms with Crippen molar-refractivity contribution in [1.29, 1.82) is 0 Å². The van der Waals surface area contributed by atoms with Gasteiger partial charge in [0.15, 0.2) is 0 Å². The molecule has 0 aromatic carbocycles. The highest BCUT2D eigenvalue weighted by Crippen LogP contribution is 2.29. The number of hydrogen-bond donors (Lipinski definition) is 1. The van der Waals surface area contributed by atoms with Crippen molar-refractivity contribution in [3.63, 3.8) is 0 Å². The van der Waals surface area contributed by atoms with Crippen LogP contribution in [-0.2, 0) is 4.74 Å². The van der Waals surface area contributed by atoms with Crippen molar-refractivity contribution in [3.05, 3.63) is 30.1 Å². The van der Waals surface area contributed by atoms with Gasteiger partial charge in [0, 0.05) is 38.1 Å². The van der Waals surface area contributed by atoms with E-state index in [0.29, 0.717) is 5.92 Å². The van der Waals surface area contributed by atoms with Crippen LogP contribution in [0.15, 0.2) is 24.5 Å². The molecule has 18 heavy (non-hydrogen) atoms. The number of rotatable bonds is 5. The number of hydrogen-bond acceptors (Lipinski definition) is 4. The van der Waals surface area contributed by atoms with Crippen molar-refractivity contribution >= 4 is 0 Å². The van der Waals surface area contributed by atoms with Crippen LogP contribution in [0.2, 0.25) is 0 Å². The van der Waals surface area contributed by atoms with Crippen molar-refractivity contribution in [3.8, 4) is 0 Å². The summed E-state index contributed by atoms with van der Waals surface area (Å²) < 4.78 is 5.25. The van der Waals surface area contributed by atoms with Crippen LogP contribution in [0.4, 0.5) is 0 Å². The summed E-state index contributed by atoms with van der Waals surface area (Å²) in [6.45, 7) is 5.10. The highest BCUT2D eigenvalue weighted by atomic mass is 16.5. The van der Waals surface area contributed by atoms with Gasteiger partial charge in [-0.05, 0) is 43.5 Å². The van der Waals surface area contributed by atoms with Gasteiger partial charge in [0.25, 0.3) is 0 Å². The summed E-state index contributed by atoms with van der Waals surface area (Å²) in [5.74, 6) is 0.637. The summed E-state index contributed by atoms with van der Waals surface area (Å²) in [6.07, 6.45) is 4.88. The maximum atomic E-state index is 6.17. The summed E-state index contributed by atoms with van der Waals surface area (Å²) >= 11 is 0. The van der Waals surface area contributed by atoms with Crippen molar-refractivity contribution in [2.75, 3.05) is 26.8 Å². The molecule has 1 fully saturated rings. The van der Waals surface area contributed by atoms with E-state index in [4.69, 9.17) is 10.5 Å². The molecule has 1 aliphatic heterocycles. The molecule has 1 aromatic heterocycles. The Balaban J connectivity index is 2.08. The fraction of sp³-hybridized carbons (Fsp3) is 0.643. The highest BCUT2D eigenvalue weighted by Gasteiger charge is 2.30. The Morgan fingerprint density at radius 2 is 2.22 bits per heavy atom. The van der Waals surface area contributed by atoms with Crippen LogP contribution >= 0.6 is 0 Å². The molecule has 0 saturated carbocycles. The van der Waals surface area contributed by atoms with E-state index >= 15 is 0 Å². The number of pyridine rings is 1. The fourth-order valence-corrected chi connectivity index (χ4v) is 2.89. The molecule has 2 N–H and O–H groups in total. The summed E-state index contributed by atoms with van der Waals surface area (Å²) in [5, 5.41) is 0. The third-order valence-electron chi connectivity index (χ3n) is 3.66. The predicted molar refractivity (Wildman–Crippen MR) is 72.2 cm³/mol. The Labute approximate surface area is 109 Å². The smallest absolute Gasteiger partial charge is 0.0503 e. The van der Waals surface area contributed by atoms with Gasteiger partial charge >= 0.3 is 0 Å². The Morgan fingerprint density at radius 3 is 2.83 bits per heavy atom. The first-order chi connectivity index (χ1) is 8.72. The minimum Gasteiger partial charge on any atom is -0.384 e. The van der Waals surface area contributed by atoms with E-state index < -0.39 is 0 Å². The third-order valence-corrected chi connectivity index (χ3v) is 3.66. The summed E-state index contributed by atoms with van der Waals surface area (Å²) in [6, 6.07) is 4.54. The normalized spacial score (nSPS) is 24.1. The van der Waals surface area contributed by atoms with Gasteiger partial charge in [-0.3, -0.25) is 9.88 Å². The number of likely N-dealkylation sites (tertiary alicyclic amines) is 1. The quantitative estimate of drug-likeness (QED) is 0.858. The van der Waals surface area contributed by atoms with Crippen molar-refractivity contribution < 1.29 is 4.74 Å². The van der Waals surface area contributed by atoms with Crippen LogP contribution in [0.25, 0.3) is 0 Å². The number of nitrogens with zero attached hydrogens (tertiary/aromatic N) is 2. The Kier molecular flexibility index (Phi) is 4.69. The number of ether oxygens (including phenoxy) is 1. The second-order valence-corrected chi connectivity index (χ2v) is 5.19. The summed E-state index contributed by atoms with van der Waals surface area (Å²) in [4.78, 5) is 6.55. The van der Waals surface area contributed by atoms with Crippen LogP contribution in [0, 0.1) is 5.92 Å². The molecule has 2 rings (SSSR count). The molecule has 4 heteroatoms. The molecule has 100 valence electrons. The molecule has 4 nitrogen and oxygen atoms in total. The lowest BCUT2D eigenvalue weighted by atomic mass is 10.0. The van der Waals surface area contributed by atoms with Gasteiger partial charge in [0.1, 0.15) is 0 Å². The van der Waals surface area contributed by atoms with E-state index in [1.165, 1.54) is 12.0 Å². The molecule has 0 amide bonds. The van der Waals surface area contributed by atoms with Gasteiger partial charge in [-0.1, -0.05) is 0 Å². The molecular formula is C14H23N3O. The molecule has 1 aromatic rings. The van der Waals surface area contributed by atoms with E-state index in [1.807, 2.05) is 12.4 Å². The first-order valence-electron chi connectivity index (χ1n) is 6.61. The molecule has 0 spiro atoms. The maximum absolute atomic E-state index is 6.17. The average Bonchev–Trinajstić information content (AvgIpc) is 2.79. The van der Waals surface area contributed by atoms with Crippen LogP contribution in [0.3, 0.4) is 0 Å². The van der Waals surface area contributed by atoms with Gasteiger partial charge in [-0.2, -0.15) is 0 Å². The minimum atomic E-state index is 0.119. The monoisotopic (exact) mass is 249 g/mol. The summed E-state index contributed by atoms with van der Waals surface area (Å²) in [7, 11) is 1.77. The van der Waals surface area contributed by atoms with E-state index in [9.17, 15) is 0 Å². The first kappa shape index (κ1) is 13.5. The maximum Gasteiger partial charge on any atom is 0.0503 e. The standard InChI is InChI=1S/C14H23N3O/c1-11(15)14(13-3-6-16-7-4-13)17-8-5-12(9-17)10-18-2/h3-4,6-7,11-12,14H,5,8-10,15H2,1-2H3. The molecule has 3 atom stereocenters. The highest BCUT2D eigenvalue weighted by molar-refractivity contribution is 5.17. The SMILES string of the molecule is COCC1CCN(C(c2ccncc2)C(C)N)C1. The van der Waals surface area contributed by atoms with Gasteiger partial charge in [0.2, 0.25) is 0 Å². The molecular weight excluding hydrogens is 226 g/mol. The lowest BCUT2D eigenvalue weighted by Crippen LogP contribution is -2.38. The zero-order chi connectivity index (χ0) is 13.0. The molecule has 1 aliphatic rings. The van der Waals surface area contributed by atoms with E-state index in [1.54, 1.807) is 7.11 Å². The van der Waals surface area contributed by atoms with Gasteiger partial charge in [-0.25, -0.2) is 0 Å². The molecule has 0 radical (unpaired) electrons. The number of methoxy groups -OCH3 is 1. The average molecular weight is 249 g/mol. The van der Waals surface area contributed by atoms with E-state index in [0.717, 1.165) is 19.7 Å². The van der Waals surface area contributed by atoms with Crippen molar-refractivity contribution in [2.24, 2.45) is 11.7 Å². The summed E-state index contributed by atoms with van der Waals surface area (Å²) in [5.41, 5.74) is 7.44. The zero-order valence-electron chi connectivity index (χ0n) is 11.2. The Hall–Kier alpha value is -0.970. The third kappa shape index (κ3) is 3.07. The number of nitrogens with two attached hydrogens (primary N) is 1. The molecule has 0 bridgehead atoms. The predicted octanol–water partition coefficient (Wildman–Crippen LogP) is 1.44. The first-order valence-corrected chi connectivity index (χ1v) is 6.61. The van der Waals surface area contributed by atoms with E-state index in [2.05, 4.69) is 28.9 Å². The van der Waals surface area contributed by atoms with Gasteiger partial charge in [-0.15, -0.1) is 0 Å². The number of aromatic nitrogens is 1. The van der Waals surface area contributed by atoms with Crippen LogP contribution < -0.4 is 5.73 Å². The van der Waals surface area contributed by atoms with Crippen molar-refractivity contribution in [1.82, 2.24) is 9.88 Å². The second-order valence-electron chi connectivity index (χ2n) is 5.19. The minimum absolute atomic E-state index is 0.119. The van der Waals surface area contributed by atoms with Crippen LogP contribution in [0.5, 0.6) is 0 Å². The van der Waals surface area contributed by atoms with Crippen LogP contribution in [0.1, 0.15) is 24.9 Å². The second kappa shape index (κ2) is 6.27. The van der Waals surface area contributed by atoms with Crippen LogP contribution in [-0.4, -0.2) is 42.7 Å². The lowest BCUT2D eigenvalue weighted by Gasteiger charge is -2.31. The molecule has 3 unspecified atom stereocenters. The Bertz CT molecular complexity index is 355. The fourth-order valence-electron chi connectivity index (χ4n) is 2.89. The van der Waals surface area contributed by atoms with Gasteiger partial charge in [0.05, 0.1) is 6.61 Å². The van der Waals surface area contributed by atoms with Crippen molar-refractivity contribution in [2.45, 2.75) is 25.4 Å². The molecule has 1 saturated heterocycles. The van der Waals surface area contributed by atoms with Gasteiger partial charge < -0.3 is 10.5 Å². The largest absolute Gasteiger partial charge is 0.384 e. The lowest BCUT2D eigenvalue weighted by molar-refractivity contribution is 0.143. The van der Waals surface area contributed by atoms with E-state index in [-0.39, 0.29) is 12.1 Å². The molecule has 2 heterocycles. The zero-order valence-corrected chi connectivity index (χ0v) is 11.2. The topological polar surface area (TPSA) is 51.4 Å².